The van der Waals surface area contributed by atoms with Crippen molar-refractivity contribution in [1.82, 2.24) is 9.88 Å². The molecule has 6 heteroatoms. The summed E-state index contributed by atoms with van der Waals surface area (Å²) < 4.78 is 1.74. The van der Waals surface area contributed by atoms with Crippen LogP contribution in [-0.4, -0.2) is 17.0 Å². The summed E-state index contributed by atoms with van der Waals surface area (Å²) in [5.41, 5.74) is 6.74. The average molecular weight is 314 g/mol. The van der Waals surface area contributed by atoms with E-state index in [9.17, 15) is 9.59 Å². The summed E-state index contributed by atoms with van der Waals surface area (Å²) in [6, 6.07) is 0. The third-order valence-corrected chi connectivity index (χ3v) is 4.04. The molecule has 1 aromatic heterocycles. The van der Waals surface area contributed by atoms with Gasteiger partial charge in [-0.3, -0.25) is 9.59 Å². The van der Waals surface area contributed by atoms with E-state index in [1.165, 1.54) is 23.6 Å². The maximum atomic E-state index is 11.9. The van der Waals surface area contributed by atoms with Gasteiger partial charge in [-0.1, -0.05) is 0 Å². The molecule has 18 heavy (non-hydrogen) atoms. The van der Waals surface area contributed by atoms with E-state index in [0.717, 1.165) is 0 Å². The molecule has 1 aliphatic rings. The number of carbonyl (C=O) groups excluding carboxylic acids is 1. The Balaban J connectivity index is 2.08. The fraction of sp³-hybridized carbons (Fsp3) is 0.500. The van der Waals surface area contributed by atoms with Crippen LogP contribution in [0.1, 0.15) is 18.4 Å². The lowest BCUT2D eigenvalue weighted by atomic mass is 10.2. The molecule has 3 N–H and O–H groups in total. The highest BCUT2D eigenvalue weighted by atomic mass is 79.9. The van der Waals surface area contributed by atoms with Crippen molar-refractivity contribution in [3.63, 3.8) is 0 Å². The van der Waals surface area contributed by atoms with Gasteiger partial charge in [0, 0.05) is 12.7 Å². The minimum atomic E-state index is -0.233. The summed E-state index contributed by atoms with van der Waals surface area (Å²) in [5.74, 6) is 0.472. The highest BCUT2D eigenvalue weighted by molar-refractivity contribution is 9.10. The predicted octanol–water partition coefficient (Wildman–Crippen LogP) is 1.03. The largest absolute Gasteiger partial charge is 0.397 e. The van der Waals surface area contributed by atoms with Gasteiger partial charge in [0.2, 0.25) is 5.91 Å². The molecule has 0 saturated heterocycles. The van der Waals surface area contributed by atoms with Crippen LogP contribution >= 0.6 is 15.9 Å². The SMILES string of the molecule is Cc1c(N)cn(CC(=O)NCC2CC2)c(=O)c1Br. The number of nitrogens with one attached hydrogen (secondary N) is 1. The van der Waals surface area contributed by atoms with E-state index in [1.807, 2.05) is 0 Å². The van der Waals surface area contributed by atoms with Gasteiger partial charge in [0.15, 0.2) is 0 Å². The molecule has 5 nitrogen and oxygen atoms in total. The highest BCUT2D eigenvalue weighted by Crippen LogP contribution is 2.27. The summed E-state index contributed by atoms with van der Waals surface area (Å²) in [5, 5.41) is 2.82. The van der Waals surface area contributed by atoms with E-state index >= 15 is 0 Å². The number of nitrogens with two attached hydrogens (primary N) is 1. The van der Waals surface area contributed by atoms with Gasteiger partial charge in [-0.2, -0.15) is 0 Å². The lowest BCUT2D eigenvalue weighted by Crippen LogP contribution is -2.33. The first-order valence-corrected chi connectivity index (χ1v) is 6.70. The second-order valence-electron chi connectivity index (χ2n) is 4.70. The van der Waals surface area contributed by atoms with Gasteiger partial charge in [0.25, 0.3) is 5.56 Å². The molecule has 1 saturated carbocycles. The van der Waals surface area contributed by atoms with Crippen LogP contribution in [-0.2, 0) is 11.3 Å². The van der Waals surface area contributed by atoms with Crippen LogP contribution in [0.4, 0.5) is 5.69 Å². The standard InChI is InChI=1S/C12H16BrN3O2/c1-7-9(14)5-16(12(18)11(7)13)6-10(17)15-4-8-2-3-8/h5,8H,2-4,6,14H2,1H3,(H,15,17). The number of amides is 1. The molecule has 1 amide bonds. The van der Waals surface area contributed by atoms with E-state index in [2.05, 4.69) is 21.2 Å². The maximum absolute atomic E-state index is 11.9. The first kappa shape index (κ1) is 13.1. The molecule has 0 aromatic carbocycles. The monoisotopic (exact) mass is 313 g/mol. The zero-order valence-corrected chi connectivity index (χ0v) is 11.8. The molecule has 98 valence electrons. The van der Waals surface area contributed by atoms with Crippen LogP contribution in [0.25, 0.3) is 0 Å². The van der Waals surface area contributed by atoms with Gasteiger partial charge < -0.3 is 15.6 Å². The van der Waals surface area contributed by atoms with E-state index in [1.54, 1.807) is 6.92 Å². The Morgan fingerprint density at radius 2 is 2.28 bits per heavy atom. The molecule has 0 aliphatic heterocycles. The first-order chi connectivity index (χ1) is 8.49. The molecule has 1 aliphatic carbocycles. The second-order valence-corrected chi connectivity index (χ2v) is 5.50. The van der Waals surface area contributed by atoms with Crippen molar-refractivity contribution in [3.8, 4) is 0 Å². The number of halogens is 1. The van der Waals surface area contributed by atoms with Gasteiger partial charge in [-0.25, -0.2) is 0 Å². The number of aromatic nitrogens is 1. The molecule has 0 atom stereocenters. The Hall–Kier alpha value is -1.30. The van der Waals surface area contributed by atoms with Crippen molar-refractivity contribution in [2.24, 2.45) is 5.92 Å². The molecule has 0 unspecified atom stereocenters. The van der Waals surface area contributed by atoms with Gasteiger partial charge in [0.05, 0.1) is 10.2 Å². The number of hydrogen-bond donors (Lipinski definition) is 2. The van der Waals surface area contributed by atoms with E-state index in [4.69, 9.17) is 5.73 Å². The Kier molecular flexibility index (Phi) is 3.75. The van der Waals surface area contributed by atoms with Crippen LogP contribution < -0.4 is 16.6 Å². The summed E-state index contributed by atoms with van der Waals surface area (Å²) in [7, 11) is 0. The summed E-state index contributed by atoms with van der Waals surface area (Å²) >= 11 is 3.20. The van der Waals surface area contributed by atoms with Crippen molar-refractivity contribution in [1.29, 1.82) is 0 Å². The molecular formula is C12H16BrN3O2. The lowest BCUT2D eigenvalue weighted by molar-refractivity contribution is -0.121. The molecule has 0 radical (unpaired) electrons. The molecular weight excluding hydrogens is 298 g/mol. The predicted molar refractivity (Wildman–Crippen MR) is 73.3 cm³/mol. The minimum absolute atomic E-state index is 0.00856. The van der Waals surface area contributed by atoms with Gasteiger partial charge in [-0.15, -0.1) is 0 Å². The lowest BCUT2D eigenvalue weighted by Gasteiger charge is -2.10. The summed E-state index contributed by atoms with van der Waals surface area (Å²) in [6.07, 6.45) is 3.88. The molecule has 1 aromatic rings. The normalized spacial score (nSPS) is 14.6. The summed E-state index contributed by atoms with van der Waals surface area (Å²) in [6.45, 7) is 2.48. The van der Waals surface area contributed by atoms with Crippen LogP contribution in [0.2, 0.25) is 0 Å². The molecule has 1 heterocycles. The van der Waals surface area contributed by atoms with Crippen LogP contribution in [0, 0.1) is 12.8 Å². The number of anilines is 1. The van der Waals surface area contributed by atoms with Crippen LogP contribution in [0.3, 0.4) is 0 Å². The van der Waals surface area contributed by atoms with Crippen molar-refractivity contribution in [3.05, 3.63) is 26.6 Å². The fourth-order valence-electron chi connectivity index (χ4n) is 1.64. The number of hydrogen-bond acceptors (Lipinski definition) is 3. The fourth-order valence-corrected chi connectivity index (χ4v) is 2.10. The van der Waals surface area contributed by atoms with Gasteiger partial charge in [-0.05, 0) is 47.2 Å². The Morgan fingerprint density at radius 1 is 1.61 bits per heavy atom. The number of pyridine rings is 1. The first-order valence-electron chi connectivity index (χ1n) is 5.90. The van der Waals surface area contributed by atoms with Crippen molar-refractivity contribution in [2.45, 2.75) is 26.3 Å². The number of carbonyl (C=O) groups is 1. The van der Waals surface area contributed by atoms with E-state index < -0.39 is 0 Å². The van der Waals surface area contributed by atoms with Gasteiger partial charge >= 0.3 is 0 Å². The van der Waals surface area contributed by atoms with Gasteiger partial charge in [0.1, 0.15) is 6.54 Å². The van der Waals surface area contributed by atoms with Crippen molar-refractivity contribution in [2.75, 3.05) is 12.3 Å². The number of nitrogens with zero attached hydrogens (tertiary/aromatic N) is 1. The Bertz CT molecular complexity index is 535. The van der Waals surface area contributed by atoms with Crippen LogP contribution in [0.15, 0.2) is 15.5 Å². The minimum Gasteiger partial charge on any atom is -0.397 e. The van der Waals surface area contributed by atoms with Crippen molar-refractivity contribution < 1.29 is 4.79 Å². The van der Waals surface area contributed by atoms with Crippen molar-refractivity contribution >= 4 is 27.5 Å². The molecule has 2 rings (SSSR count). The summed E-state index contributed by atoms with van der Waals surface area (Å²) in [4.78, 5) is 23.6. The van der Waals surface area contributed by atoms with E-state index in [0.29, 0.717) is 28.2 Å². The zero-order chi connectivity index (χ0) is 13.3. The Morgan fingerprint density at radius 3 is 2.89 bits per heavy atom. The van der Waals surface area contributed by atoms with E-state index in [-0.39, 0.29) is 18.0 Å². The smallest absolute Gasteiger partial charge is 0.265 e. The number of nitrogen functional groups attached to an aromatic ring is 1. The second kappa shape index (κ2) is 5.14. The number of rotatable bonds is 4. The highest BCUT2D eigenvalue weighted by Gasteiger charge is 2.21. The molecule has 0 spiro atoms. The molecule has 0 bridgehead atoms. The zero-order valence-electron chi connectivity index (χ0n) is 10.2. The Labute approximate surface area is 113 Å². The third-order valence-electron chi connectivity index (χ3n) is 3.10. The topological polar surface area (TPSA) is 77.1 Å². The molecule has 1 fully saturated rings. The van der Waals surface area contributed by atoms with Crippen LogP contribution in [0.5, 0.6) is 0 Å². The third kappa shape index (κ3) is 2.93. The quantitative estimate of drug-likeness (QED) is 0.871. The maximum Gasteiger partial charge on any atom is 0.265 e. The average Bonchev–Trinajstić information content (AvgIpc) is 3.15.